The molecule has 3 nitrogen and oxygen atoms in total. The van der Waals surface area contributed by atoms with E-state index in [1.165, 1.54) is 5.69 Å². The summed E-state index contributed by atoms with van der Waals surface area (Å²) >= 11 is 3.40. The SMILES string of the molecule is Cc1cccc2nc(CSc3nccs3)cn12. The number of thiazole rings is 1. The highest BCUT2D eigenvalue weighted by atomic mass is 32.2. The molecule has 0 spiro atoms. The van der Waals surface area contributed by atoms with Crippen LogP contribution in [0, 0.1) is 6.92 Å². The van der Waals surface area contributed by atoms with Crippen LogP contribution in [0.2, 0.25) is 0 Å². The summed E-state index contributed by atoms with van der Waals surface area (Å²) < 4.78 is 3.22. The highest BCUT2D eigenvalue weighted by Crippen LogP contribution is 2.24. The third-order valence-corrected chi connectivity index (χ3v) is 4.50. The summed E-state index contributed by atoms with van der Waals surface area (Å²) in [5, 5.41) is 2.00. The number of imidazole rings is 1. The van der Waals surface area contributed by atoms with Crippen LogP contribution in [0.15, 0.2) is 40.3 Å². The fourth-order valence-electron chi connectivity index (χ4n) is 1.69. The van der Waals surface area contributed by atoms with Gasteiger partial charge in [-0.3, -0.25) is 0 Å². The van der Waals surface area contributed by atoms with Gasteiger partial charge >= 0.3 is 0 Å². The van der Waals surface area contributed by atoms with Crippen molar-refractivity contribution in [1.82, 2.24) is 14.4 Å². The predicted molar refractivity (Wildman–Crippen MR) is 71.6 cm³/mol. The van der Waals surface area contributed by atoms with E-state index in [1.54, 1.807) is 23.1 Å². The van der Waals surface area contributed by atoms with Gasteiger partial charge in [0.05, 0.1) is 5.69 Å². The van der Waals surface area contributed by atoms with Crippen molar-refractivity contribution < 1.29 is 0 Å². The Balaban J connectivity index is 1.84. The molecule has 0 saturated heterocycles. The lowest BCUT2D eigenvalue weighted by Crippen LogP contribution is -1.86. The quantitative estimate of drug-likeness (QED) is 0.677. The zero-order chi connectivity index (χ0) is 11.7. The first-order valence-corrected chi connectivity index (χ1v) is 7.15. The molecule has 0 bridgehead atoms. The number of fused-ring (bicyclic) bond motifs is 1. The van der Waals surface area contributed by atoms with Crippen molar-refractivity contribution in [2.24, 2.45) is 0 Å². The fraction of sp³-hybridized carbons (Fsp3) is 0.167. The third-order valence-electron chi connectivity index (χ3n) is 2.50. The molecular formula is C12H11N3S2. The van der Waals surface area contributed by atoms with Gasteiger partial charge in [0.15, 0.2) is 0 Å². The van der Waals surface area contributed by atoms with Crippen molar-refractivity contribution in [2.45, 2.75) is 17.0 Å². The van der Waals surface area contributed by atoms with E-state index in [4.69, 9.17) is 0 Å². The van der Waals surface area contributed by atoms with E-state index in [0.29, 0.717) is 0 Å². The lowest BCUT2D eigenvalue weighted by Gasteiger charge is -1.95. The summed E-state index contributed by atoms with van der Waals surface area (Å²) in [4.78, 5) is 8.84. The number of aromatic nitrogens is 3. The average Bonchev–Trinajstić information content (AvgIpc) is 2.95. The van der Waals surface area contributed by atoms with Crippen LogP contribution in [0.25, 0.3) is 5.65 Å². The lowest BCUT2D eigenvalue weighted by atomic mass is 10.4. The smallest absolute Gasteiger partial charge is 0.150 e. The van der Waals surface area contributed by atoms with E-state index >= 15 is 0 Å². The number of thioether (sulfide) groups is 1. The Morgan fingerprint density at radius 3 is 3.12 bits per heavy atom. The molecule has 0 aliphatic carbocycles. The first-order chi connectivity index (χ1) is 8.33. The lowest BCUT2D eigenvalue weighted by molar-refractivity contribution is 1.09. The Labute approximate surface area is 108 Å². The minimum Gasteiger partial charge on any atom is -0.304 e. The molecule has 0 fully saturated rings. The summed E-state index contributed by atoms with van der Waals surface area (Å²) in [6.07, 6.45) is 3.94. The zero-order valence-corrected chi connectivity index (χ0v) is 11.0. The summed E-state index contributed by atoms with van der Waals surface area (Å²) in [5.41, 5.74) is 3.32. The van der Waals surface area contributed by atoms with Gasteiger partial charge < -0.3 is 4.40 Å². The molecule has 3 aromatic heterocycles. The van der Waals surface area contributed by atoms with Crippen molar-refractivity contribution in [1.29, 1.82) is 0 Å². The molecule has 0 amide bonds. The van der Waals surface area contributed by atoms with E-state index in [-0.39, 0.29) is 0 Å². The van der Waals surface area contributed by atoms with Gasteiger partial charge in [0, 0.05) is 29.2 Å². The highest BCUT2D eigenvalue weighted by molar-refractivity contribution is 8.00. The topological polar surface area (TPSA) is 30.2 Å². The number of hydrogen-bond donors (Lipinski definition) is 0. The Morgan fingerprint density at radius 1 is 1.41 bits per heavy atom. The van der Waals surface area contributed by atoms with Crippen molar-refractivity contribution in [3.63, 3.8) is 0 Å². The maximum absolute atomic E-state index is 4.59. The maximum Gasteiger partial charge on any atom is 0.150 e. The van der Waals surface area contributed by atoms with Crippen LogP contribution in [0.5, 0.6) is 0 Å². The molecular weight excluding hydrogens is 250 g/mol. The minimum absolute atomic E-state index is 0.870. The predicted octanol–water partition coefficient (Wildman–Crippen LogP) is 3.39. The molecule has 3 rings (SSSR count). The van der Waals surface area contributed by atoms with E-state index in [9.17, 15) is 0 Å². The molecule has 0 saturated carbocycles. The second kappa shape index (κ2) is 4.50. The van der Waals surface area contributed by atoms with Crippen molar-refractivity contribution >= 4 is 28.7 Å². The molecule has 0 N–H and O–H groups in total. The standard InChI is InChI=1S/C12H11N3S2/c1-9-3-2-4-11-14-10(7-15(9)11)8-17-12-13-5-6-16-12/h2-7H,8H2,1H3. The molecule has 5 heteroatoms. The van der Waals surface area contributed by atoms with Gasteiger partial charge in [-0.15, -0.1) is 11.3 Å². The van der Waals surface area contributed by atoms with Gasteiger partial charge in [0.2, 0.25) is 0 Å². The normalized spacial score (nSPS) is 11.1. The molecule has 17 heavy (non-hydrogen) atoms. The summed E-state index contributed by atoms with van der Waals surface area (Å²) in [6, 6.07) is 6.16. The summed E-state index contributed by atoms with van der Waals surface area (Å²) in [5.74, 6) is 0.870. The Morgan fingerprint density at radius 2 is 2.35 bits per heavy atom. The van der Waals surface area contributed by atoms with Crippen molar-refractivity contribution in [2.75, 3.05) is 0 Å². The maximum atomic E-state index is 4.59. The Kier molecular flexibility index (Phi) is 2.86. The first-order valence-electron chi connectivity index (χ1n) is 5.29. The van der Waals surface area contributed by atoms with E-state index in [0.717, 1.165) is 21.4 Å². The van der Waals surface area contributed by atoms with Crippen molar-refractivity contribution in [3.8, 4) is 0 Å². The molecule has 0 aromatic carbocycles. The number of nitrogens with zero attached hydrogens (tertiary/aromatic N) is 3. The Bertz CT molecular complexity index is 628. The molecule has 0 atom stereocenters. The number of rotatable bonds is 3. The molecule has 0 aliphatic heterocycles. The van der Waals surface area contributed by atoms with Crippen LogP contribution in [-0.2, 0) is 5.75 Å². The van der Waals surface area contributed by atoms with E-state index in [1.807, 2.05) is 23.7 Å². The van der Waals surface area contributed by atoms with Crippen LogP contribution < -0.4 is 0 Å². The minimum atomic E-state index is 0.870. The van der Waals surface area contributed by atoms with Crippen LogP contribution >= 0.6 is 23.1 Å². The number of hydrogen-bond acceptors (Lipinski definition) is 4. The molecule has 3 heterocycles. The molecule has 0 aliphatic rings. The monoisotopic (exact) mass is 261 g/mol. The largest absolute Gasteiger partial charge is 0.304 e. The number of aryl methyl sites for hydroxylation is 1. The average molecular weight is 261 g/mol. The van der Waals surface area contributed by atoms with Gasteiger partial charge in [-0.25, -0.2) is 9.97 Å². The Hall–Kier alpha value is -1.33. The van der Waals surface area contributed by atoms with Gasteiger partial charge in [-0.2, -0.15) is 0 Å². The van der Waals surface area contributed by atoms with Gasteiger partial charge in [-0.1, -0.05) is 17.8 Å². The van der Waals surface area contributed by atoms with E-state index < -0.39 is 0 Å². The zero-order valence-electron chi connectivity index (χ0n) is 9.33. The number of pyridine rings is 1. The van der Waals surface area contributed by atoms with Gasteiger partial charge in [-0.05, 0) is 19.1 Å². The molecule has 0 radical (unpaired) electrons. The second-order valence-corrected chi connectivity index (χ2v) is 5.83. The molecule has 0 unspecified atom stereocenters. The van der Waals surface area contributed by atoms with Crippen LogP contribution in [0.3, 0.4) is 0 Å². The summed E-state index contributed by atoms with van der Waals surface area (Å²) in [6.45, 7) is 2.09. The van der Waals surface area contributed by atoms with Crippen LogP contribution in [0.1, 0.15) is 11.4 Å². The fourth-order valence-corrected chi connectivity index (χ4v) is 3.21. The summed E-state index contributed by atoms with van der Waals surface area (Å²) in [7, 11) is 0. The molecule has 3 aromatic rings. The van der Waals surface area contributed by atoms with E-state index in [2.05, 4.69) is 33.6 Å². The van der Waals surface area contributed by atoms with Gasteiger partial charge in [0.1, 0.15) is 9.99 Å². The van der Waals surface area contributed by atoms with Gasteiger partial charge in [0.25, 0.3) is 0 Å². The first kappa shape index (κ1) is 10.8. The van der Waals surface area contributed by atoms with Crippen LogP contribution in [0.4, 0.5) is 0 Å². The second-order valence-electron chi connectivity index (χ2n) is 3.71. The van der Waals surface area contributed by atoms with Crippen LogP contribution in [-0.4, -0.2) is 14.4 Å². The highest BCUT2D eigenvalue weighted by Gasteiger charge is 2.04. The van der Waals surface area contributed by atoms with Crippen molar-refractivity contribution in [3.05, 3.63) is 47.4 Å². The third kappa shape index (κ3) is 2.21. The molecule has 86 valence electrons.